The van der Waals surface area contributed by atoms with E-state index >= 15 is 0 Å². The third kappa shape index (κ3) is 2.66. The third-order valence-corrected chi connectivity index (χ3v) is 4.94. The highest BCUT2D eigenvalue weighted by molar-refractivity contribution is 6.62. The highest BCUT2D eigenvalue weighted by atomic mass is 19.1. The summed E-state index contributed by atoms with van der Waals surface area (Å²) in [7, 11) is -1.11. The molecule has 0 radical (unpaired) electrons. The number of hydrogen-bond acceptors (Lipinski definition) is 3. The molecule has 23 heavy (non-hydrogen) atoms. The van der Waals surface area contributed by atoms with Crippen molar-refractivity contribution in [2.75, 3.05) is 11.4 Å². The average Bonchev–Trinajstić information content (AvgIpc) is 2.90. The molecule has 2 aliphatic rings. The molecule has 0 aliphatic carbocycles. The van der Waals surface area contributed by atoms with Gasteiger partial charge in [0, 0.05) is 18.7 Å². The number of rotatable bonds is 2. The monoisotopic (exact) mass is 323 g/mol. The number of benzene rings is 1. The molecule has 2 aliphatic heterocycles. The predicted molar refractivity (Wildman–Crippen MR) is 83.7 cm³/mol. The van der Waals surface area contributed by atoms with E-state index < -0.39 is 30.0 Å². The topological polar surface area (TPSA) is 38.8 Å². The van der Waals surface area contributed by atoms with Gasteiger partial charge >= 0.3 is 7.12 Å². The minimum Gasteiger partial charge on any atom is -0.399 e. The molecular weight excluding hydrogens is 303 g/mol. The van der Waals surface area contributed by atoms with Crippen LogP contribution >= 0.6 is 0 Å². The van der Waals surface area contributed by atoms with Crippen LogP contribution < -0.4 is 10.4 Å². The van der Waals surface area contributed by atoms with E-state index in [9.17, 15) is 13.6 Å². The van der Waals surface area contributed by atoms with Crippen molar-refractivity contribution in [3.63, 3.8) is 0 Å². The van der Waals surface area contributed by atoms with Gasteiger partial charge in [-0.15, -0.1) is 0 Å². The van der Waals surface area contributed by atoms with Crippen LogP contribution in [-0.2, 0) is 14.1 Å². The molecule has 2 fully saturated rings. The molecule has 0 aromatic heterocycles. The van der Waals surface area contributed by atoms with Gasteiger partial charge in [0.2, 0.25) is 5.91 Å². The molecular formula is C16H20BF2NO3. The van der Waals surface area contributed by atoms with Gasteiger partial charge < -0.3 is 14.2 Å². The smallest absolute Gasteiger partial charge is 0.399 e. The summed E-state index contributed by atoms with van der Waals surface area (Å²) in [6.07, 6.45) is 1.10. The molecule has 3 rings (SSSR count). The summed E-state index contributed by atoms with van der Waals surface area (Å²) in [5, 5.41) is 0. The Morgan fingerprint density at radius 3 is 2.04 bits per heavy atom. The normalized spacial score (nSPS) is 23.0. The zero-order valence-corrected chi connectivity index (χ0v) is 13.8. The molecule has 2 heterocycles. The van der Waals surface area contributed by atoms with Crippen LogP contribution in [0.1, 0.15) is 40.5 Å². The summed E-state index contributed by atoms with van der Waals surface area (Å²) < 4.78 is 40.4. The van der Waals surface area contributed by atoms with Crippen LogP contribution in [0.4, 0.5) is 14.5 Å². The number of anilines is 1. The van der Waals surface area contributed by atoms with E-state index in [0.29, 0.717) is 19.4 Å². The molecule has 0 atom stereocenters. The van der Waals surface area contributed by atoms with E-state index in [1.807, 2.05) is 27.7 Å². The van der Waals surface area contributed by atoms with Crippen molar-refractivity contribution in [2.24, 2.45) is 0 Å². The number of nitrogens with zero attached hydrogens (tertiary/aromatic N) is 1. The lowest BCUT2D eigenvalue weighted by atomic mass is 9.78. The fourth-order valence-corrected chi connectivity index (χ4v) is 2.83. The van der Waals surface area contributed by atoms with E-state index in [1.165, 1.54) is 17.0 Å². The van der Waals surface area contributed by atoms with Gasteiger partial charge in [0.1, 0.15) is 11.6 Å². The number of hydrogen-bond donors (Lipinski definition) is 0. The first-order valence-electron chi connectivity index (χ1n) is 7.77. The molecule has 0 spiro atoms. The molecule has 2 saturated heterocycles. The van der Waals surface area contributed by atoms with Gasteiger partial charge in [-0.05, 0) is 46.2 Å². The Balaban J connectivity index is 1.95. The van der Waals surface area contributed by atoms with E-state index in [1.54, 1.807) is 0 Å². The number of carbonyl (C=O) groups excluding carboxylic acids is 1. The summed E-state index contributed by atoms with van der Waals surface area (Å²) in [6, 6.07) is 2.35. The SMILES string of the molecule is CC1(C)OB(c2c(F)cc(N3CCCC3=O)cc2F)OC1(C)C. The Morgan fingerprint density at radius 1 is 1.09 bits per heavy atom. The van der Waals surface area contributed by atoms with Crippen molar-refractivity contribution in [1.29, 1.82) is 0 Å². The minimum atomic E-state index is -1.11. The Kier molecular flexibility index (Phi) is 3.76. The first-order chi connectivity index (χ1) is 10.6. The number of halogens is 2. The maximum absolute atomic E-state index is 14.5. The van der Waals surface area contributed by atoms with Crippen LogP contribution in [0, 0.1) is 11.6 Å². The number of carbonyl (C=O) groups is 1. The van der Waals surface area contributed by atoms with Crippen LogP contribution in [0.25, 0.3) is 0 Å². The lowest BCUT2D eigenvalue weighted by molar-refractivity contribution is -0.117. The Hall–Kier alpha value is -1.47. The quantitative estimate of drug-likeness (QED) is 0.785. The fraction of sp³-hybridized carbons (Fsp3) is 0.562. The molecule has 0 saturated carbocycles. The molecule has 1 aromatic carbocycles. The van der Waals surface area contributed by atoms with Crippen LogP contribution in [0.5, 0.6) is 0 Å². The summed E-state index contributed by atoms with van der Waals surface area (Å²) in [4.78, 5) is 13.1. The van der Waals surface area contributed by atoms with E-state index in [0.717, 1.165) is 0 Å². The van der Waals surface area contributed by atoms with Crippen LogP contribution in [0.15, 0.2) is 12.1 Å². The molecule has 124 valence electrons. The highest BCUT2D eigenvalue weighted by Gasteiger charge is 2.53. The van der Waals surface area contributed by atoms with Crippen molar-refractivity contribution in [2.45, 2.75) is 51.7 Å². The molecule has 4 nitrogen and oxygen atoms in total. The summed E-state index contributed by atoms with van der Waals surface area (Å²) in [5.74, 6) is -1.65. The van der Waals surface area contributed by atoms with Gasteiger partial charge in [-0.2, -0.15) is 0 Å². The fourth-order valence-electron chi connectivity index (χ4n) is 2.83. The lowest BCUT2D eigenvalue weighted by Crippen LogP contribution is -2.41. The van der Waals surface area contributed by atoms with Gasteiger partial charge in [0.05, 0.1) is 16.7 Å². The second kappa shape index (κ2) is 5.28. The standard InChI is InChI=1S/C16H20BF2NO3/c1-15(2)16(3,4)23-17(22-15)14-11(18)8-10(9-12(14)19)20-7-5-6-13(20)21/h8-9H,5-7H2,1-4H3. The molecule has 0 N–H and O–H groups in total. The van der Waals surface area contributed by atoms with Crippen molar-refractivity contribution in [1.82, 2.24) is 0 Å². The second-order valence-corrected chi connectivity index (χ2v) is 7.06. The van der Waals surface area contributed by atoms with Crippen molar-refractivity contribution < 1.29 is 22.9 Å². The van der Waals surface area contributed by atoms with Crippen LogP contribution in [0.2, 0.25) is 0 Å². The van der Waals surface area contributed by atoms with Gasteiger partial charge in [0.15, 0.2) is 0 Å². The van der Waals surface area contributed by atoms with E-state index in [2.05, 4.69) is 0 Å². The minimum absolute atomic E-state index is 0.118. The summed E-state index contributed by atoms with van der Waals surface area (Å²) >= 11 is 0. The summed E-state index contributed by atoms with van der Waals surface area (Å²) in [5.41, 5.74) is -1.37. The van der Waals surface area contributed by atoms with Crippen molar-refractivity contribution >= 4 is 24.2 Å². The first-order valence-corrected chi connectivity index (χ1v) is 7.77. The largest absolute Gasteiger partial charge is 0.500 e. The van der Waals surface area contributed by atoms with Crippen molar-refractivity contribution in [3.05, 3.63) is 23.8 Å². The van der Waals surface area contributed by atoms with Crippen LogP contribution in [0.3, 0.4) is 0 Å². The van der Waals surface area contributed by atoms with Crippen molar-refractivity contribution in [3.8, 4) is 0 Å². The average molecular weight is 323 g/mol. The maximum Gasteiger partial charge on any atom is 0.500 e. The predicted octanol–water partition coefficient (Wildman–Crippen LogP) is 2.39. The van der Waals surface area contributed by atoms with E-state index in [-0.39, 0.29) is 17.1 Å². The molecule has 1 amide bonds. The Morgan fingerprint density at radius 2 is 1.61 bits per heavy atom. The Labute approximate surface area is 134 Å². The highest BCUT2D eigenvalue weighted by Crippen LogP contribution is 2.37. The molecule has 7 heteroatoms. The zero-order chi connectivity index (χ0) is 17.0. The van der Waals surface area contributed by atoms with Gasteiger partial charge in [-0.25, -0.2) is 8.78 Å². The first kappa shape index (κ1) is 16.4. The second-order valence-electron chi connectivity index (χ2n) is 7.06. The maximum atomic E-state index is 14.5. The van der Waals surface area contributed by atoms with Gasteiger partial charge in [0.25, 0.3) is 0 Å². The van der Waals surface area contributed by atoms with Gasteiger partial charge in [-0.1, -0.05) is 0 Å². The summed E-state index contributed by atoms with van der Waals surface area (Å²) in [6.45, 7) is 7.76. The molecule has 0 unspecified atom stereocenters. The number of amides is 1. The zero-order valence-electron chi connectivity index (χ0n) is 13.8. The molecule has 0 bridgehead atoms. The Bertz CT molecular complexity index is 624. The van der Waals surface area contributed by atoms with Gasteiger partial charge in [-0.3, -0.25) is 4.79 Å². The lowest BCUT2D eigenvalue weighted by Gasteiger charge is -2.32. The molecule has 1 aromatic rings. The third-order valence-electron chi connectivity index (χ3n) is 4.94. The van der Waals surface area contributed by atoms with E-state index in [4.69, 9.17) is 9.31 Å². The van der Waals surface area contributed by atoms with Crippen LogP contribution in [-0.4, -0.2) is 30.8 Å².